The van der Waals surface area contributed by atoms with Crippen LogP contribution < -0.4 is 5.32 Å². The molecule has 0 aromatic heterocycles. The highest BCUT2D eigenvalue weighted by Gasteiger charge is 2.15. The first-order valence-electron chi connectivity index (χ1n) is 6.44. The normalized spacial score (nSPS) is 13.6. The van der Waals surface area contributed by atoms with Crippen molar-refractivity contribution in [2.45, 2.75) is 19.0 Å². The molecule has 1 aromatic rings. The molecule has 0 radical (unpaired) electrons. The number of alkyl halides is 1. The van der Waals surface area contributed by atoms with Crippen LogP contribution in [0.25, 0.3) is 0 Å². The number of aliphatic hydroxyl groups is 1. The van der Waals surface area contributed by atoms with Crippen molar-refractivity contribution in [1.82, 2.24) is 5.32 Å². The molecule has 0 saturated carbocycles. The number of hydrogen-bond acceptors (Lipinski definition) is 5. The molecule has 1 aromatic carbocycles. The van der Waals surface area contributed by atoms with Gasteiger partial charge in [-0.15, -0.1) is 11.6 Å². The Bertz CT molecular complexity index is 388. The minimum absolute atomic E-state index is 0.0365. The predicted molar refractivity (Wildman–Crippen MR) is 76.9 cm³/mol. The zero-order chi connectivity index (χ0) is 14.8. The van der Waals surface area contributed by atoms with E-state index in [4.69, 9.17) is 16.3 Å². The predicted octanol–water partition coefficient (Wildman–Crippen LogP) is 2.09. The van der Waals surface area contributed by atoms with Crippen LogP contribution in [0, 0.1) is 0 Å². The maximum atomic E-state index is 11.2. The van der Waals surface area contributed by atoms with Crippen LogP contribution >= 0.6 is 11.6 Å². The quantitative estimate of drug-likeness (QED) is 0.568. The Kier molecular flexibility index (Phi) is 8.02. The van der Waals surface area contributed by atoms with Crippen LogP contribution in [-0.4, -0.2) is 43.0 Å². The highest BCUT2D eigenvalue weighted by Crippen LogP contribution is 2.12. The maximum absolute atomic E-state index is 11.2. The molecule has 0 aliphatic heterocycles. The molecular formula is C14H20ClNO4. The highest BCUT2D eigenvalue weighted by molar-refractivity contribution is 6.18. The molecule has 0 aliphatic carbocycles. The summed E-state index contributed by atoms with van der Waals surface area (Å²) < 4.78 is 9.56. The van der Waals surface area contributed by atoms with Crippen molar-refractivity contribution in [3.63, 3.8) is 0 Å². The van der Waals surface area contributed by atoms with Crippen LogP contribution in [0.1, 0.15) is 18.5 Å². The minimum atomic E-state index is -0.779. The molecule has 112 valence electrons. The zero-order valence-corrected chi connectivity index (χ0v) is 12.2. The number of rotatable bonds is 8. The molecular weight excluding hydrogens is 282 g/mol. The number of carbonyl (C=O) groups excluding carboxylic acids is 1. The molecule has 20 heavy (non-hydrogen) atoms. The van der Waals surface area contributed by atoms with E-state index in [9.17, 15) is 9.90 Å². The Balaban J connectivity index is 2.37. The van der Waals surface area contributed by atoms with Gasteiger partial charge in [0, 0.05) is 6.04 Å². The number of ether oxygens (including phenoxy) is 2. The highest BCUT2D eigenvalue weighted by atomic mass is 35.5. The van der Waals surface area contributed by atoms with Gasteiger partial charge < -0.3 is 19.9 Å². The summed E-state index contributed by atoms with van der Waals surface area (Å²) in [6.07, 6.45) is -0.779. The lowest BCUT2D eigenvalue weighted by molar-refractivity contribution is 0.0451. The molecule has 1 rings (SSSR count). The Morgan fingerprint density at radius 2 is 2.05 bits per heavy atom. The fourth-order valence-electron chi connectivity index (χ4n) is 1.68. The van der Waals surface area contributed by atoms with E-state index in [0.717, 1.165) is 5.56 Å². The third-order valence-electron chi connectivity index (χ3n) is 2.71. The summed E-state index contributed by atoms with van der Waals surface area (Å²) in [6.45, 7) is 1.98. The van der Waals surface area contributed by atoms with E-state index in [1.165, 1.54) is 0 Å². The molecule has 0 fully saturated rings. The van der Waals surface area contributed by atoms with Crippen LogP contribution in [0.3, 0.4) is 0 Å². The molecule has 0 spiro atoms. The fraction of sp³-hybridized carbons (Fsp3) is 0.500. The SMILES string of the molecule is C[C@@H](N[C@H](CO)COC(=O)OCCCl)c1ccccc1. The van der Waals surface area contributed by atoms with E-state index in [1.807, 2.05) is 37.3 Å². The van der Waals surface area contributed by atoms with Gasteiger partial charge in [-0.3, -0.25) is 0 Å². The van der Waals surface area contributed by atoms with Gasteiger partial charge in [-0.1, -0.05) is 30.3 Å². The molecule has 5 nitrogen and oxygen atoms in total. The lowest BCUT2D eigenvalue weighted by Crippen LogP contribution is -2.39. The van der Waals surface area contributed by atoms with Gasteiger partial charge in [0.2, 0.25) is 0 Å². The molecule has 0 amide bonds. The van der Waals surface area contributed by atoms with Crippen molar-refractivity contribution in [3.05, 3.63) is 35.9 Å². The van der Waals surface area contributed by atoms with Crippen LogP contribution in [-0.2, 0) is 9.47 Å². The van der Waals surface area contributed by atoms with Crippen molar-refractivity contribution in [2.24, 2.45) is 0 Å². The topological polar surface area (TPSA) is 67.8 Å². The third kappa shape index (κ3) is 6.23. The van der Waals surface area contributed by atoms with E-state index in [0.29, 0.717) is 0 Å². The largest absolute Gasteiger partial charge is 0.508 e. The fourth-order valence-corrected chi connectivity index (χ4v) is 1.75. The van der Waals surface area contributed by atoms with E-state index < -0.39 is 6.16 Å². The molecule has 0 saturated heterocycles. The van der Waals surface area contributed by atoms with E-state index >= 15 is 0 Å². The number of aliphatic hydroxyl groups excluding tert-OH is 1. The average molecular weight is 302 g/mol. The van der Waals surface area contributed by atoms with Gasteiger partial charge >= 0.3 is 6.16 Å². The first-order valence-corrected chi connectivity index (χ1v) is 6.98. The van der Waals surface area contributed by atoms with Gasteiger partial charge in [0.15, 0.2) is 0 Å². The van der Waals surface area contributed by atoms with Gasteiger partial charge in [-0.05, 0) is 12.5 Å². The monoisotopic (exact) mass is 301 g/mol. The Labute approximate surface area is 123 Å². The van der Waals surface area contributed by atoms with Crippen LogP contribution in [0.2, 0.25) is 0 Å². The first kappa shape index (κ1) is 16.8. The van der Waals surface area contributed by atoms with Gasteiger partial charge in [0.05, 0.1) is 18.5 Å². The molecule has 6 heteroatoms. The molecule has 0 unspecified atom stereocenters. The summed E-state index contributed by atoms with van der Waals surface area (Å²) in [5.41, 5.74) is 1.09. The van der Waals surface area contributed by atoms with Gasteiger partial charge in [0.1, 0.15) is 13.2 Å². The van der Waals surface area contributed by atoms with Crippen LogP contribution in [0.5, 0.6) is 0 Å². The Hall–Kier alpha value is -1.30. The molecule has 2 atom stereocenters. The number of nitrogens with one attached hydrogen (secondary N) is 1. The molecule has 0 heterocycles. The second-order valence-electron chi connectivity index (χ2n) is 4.28. The lowest BCUT2D eigenvalue weighted by atomic mass is 10.1. The smallest absolute Gasteiger partial charge is 0.433 e. The third-order valence-corrected chi connectivity index (χ3v) is 2.86. The molecule has 0 aliphatic rings. The first-order chi connectivity index (χ1) is 9.67. The second kappa shape index (κ2) is 9.58. The summed E-state index contributed by atoms with van der Waals surface area (Å²) in [5, 5.41) is 12.5. The number of halogens is 1. The summed E-state index contributed by atoms with van der Waals surface area (Å²) >= 11 is 5.39. The number of hydrogen-bond donors (Lipinski definition) is 2. The molecule has 2 N–H and O–H groups in total. The maximum Gasteiger partial charge on any atom is 0.508 e. The standard InChI is InChI=1S/C14H20ClNO4/c1-11(12-5-3-2-4-6-12)16-13(9-17)10-20-14(18)19-8-7-15/h2-6,11,13,16-17H,7-10H2,1H3/t11-,13-/m1/s1. The van der Waals surface area contributed by atoms with E-state index in [2.05, 4.69) is 10.1 Å². The van der Waals surface area contributed by atoms with Crippen LogP contribution in [0.15, 0.2) is 30.3 Å². The summed E-state index contributed by atoms with van der Waals surface area (Å²) in [6, 6.07) is 9.49. The van der Waals surface area contributed by atoms with E-state index in [1.54, 1.807) is 0 Å². The van der Waals surface area contributed by atoms with Crippen molar-refractivity contribution >= 4 is 17.8 Å². The van der Waals surface area contributed by atoms with Crippen molar-refractivity contribution < 1.29 is 19.4 Å². The van der Waals surface area contributed by atoms with Crippen LogP contribution in [0.4, 0.5) is 4.79 Å². The van der Waals surface area contributed by atoms with E-state index in [-0.39, 0.29) is 37.8 Å². The summed E-state index contributed by atoms with van der Waals surface area (Å²) in [4.78, 5) is 11.2. The second-order valence-corrected chi connectivity index (χ2v) is 4.65. The Morgan fingerprint density at radius 1 is 1.35 bits per heavy atom. The van der Waals surface area contributed by atoms with Crippen molar-refractivity contribution in [2.75, 3.05) is 25.7 Å². The number of benzene rings is 1. The average Bonchev–Trinajstić information content (AvgIpc) is 2.49. The summed E-state index contributed by atoms with van der Waals surface area (Å²) in [5.74, 6) is 0.224. The van der Waals surface area contributed by atoms with Gasteiger partial charge in [0.25, 0.3) is 0 Å². The van der Waals surface area contributed by atoms with Crippen molar-refractivity contribution in [1.29, 1.82) is 0 Å². The summed E-state index contributed by atoms with van der Waals surface area (Å²) in [7, 11) is 0. The van der Waals surface area contributed by atoms with Gasteiger partial charge in [-0.25, -0.2) is 4.79 Å². The Morgan fingerprint density at radius 3 is 2.65 bits per heavy atom. The van der Waals surface area contributed by atoms with Crippen molar-refractivity contribution in [3.8, 4) is 0 Å². The number of carbonyl (C=O) groups is 1. The van der Waals surface area contributed by atoms with Gasteiger partial charge in [-0.2, -0.15) is 0 Å². The lowest BCUT2D eigenvalue weighted by Gasteiger charge is -2.21. The minimum Gasteiger partial charge on any atom is -0.433 e. The zero-order valence-electron chi connectivity index (χ0n) is 11.4. The molecule has 0 bridgehead atoms.